The highest BCUT2D eigenvalue weighted by Crippen LogP contribution is 2.22. The Morgan fingerprint density at radius 3 is 2.44 bits per heavy atom. The van der Waals surface area contributed by atoms with E-state index in [2.05, 4.69) is 38.0 Å². The van der Waals surface area contributed by atoms with Crippen LogP contribution >= 0.6 is 11.3 Å². The molecule has 16 heavy (non-hydrogen) atoms. The molecule has 0 fully saturated rings. The molecular formula is C12H23N3S. The fourth-order valence-electron chi connectivity index (χ4n) is 1.63. The molecule has 0 radical (unpaired) electrons. The summed E-state index contributed by atoms with van der Waals surface area (Å²) in [5.41, 5.74) is 7.46. The van der Waals surface area contributed by atoms with E-state index < -0.39 is 0 Å². The predicted molar refractivity (Wildman–Crippen MR) is 72.1 cm³/mol. The summed E-state index contributed by atoms with van der Waals surface area (Å²) in [6.45, 7) is 11.6. The van der Waals surface area contributed by atoms with E-state index in [-0.39, 0.29) is 11.5 Å². The summed E-state index contributed by atoms with van der Waals surface area (Å²) in [5, 5.41) is 4.30. The number of hydrogen-bond donors (Lipinski definition) is 2. The Kier molecular flexibility index (Phi) is 4.33. The molecule has 1 atom stereocenters. The van der Waals surface area contributed by atoms with Crippen LogP contribution in [-0.2, 0) is 0 Å². The summed E-state index contributed by atoms with van der Waals surface area (Å²) in [6.07, 6.45) is 1.02. The summed E-state index contributed by atoms with van der Waals surface area (Å²) in [7, 11) is 0. The molecule has 0 saturated carbocycles. The SMILES string of the molecule is Cc1nc(NCC(N)CC(C)(C)C)sc1C. The lowest BCUT2D eigenvalue weighted by Crippen LogP contribution is -2.33. The number of nitrogens with zero attached hydrogens (tertiary/aromatic N) is 1. The minimum absolute atomic E-state index is 0.185. The highest BCUT2D eigenvalue weighted by molar-refractivity contribution is 7.15. The van der Waals surface area contributed by atoms with Crippen molar-refractivity contribution >= 4 is 16.5 Å². The largest absolute Gasteiger partial charge is 0.360 e. The maximum atomic E-state index is 6.07. The molecule has 0 bridgehead atoms. The number of aromatic nitrogens is 1. The van der Waals surface area contributed by atoms with Gasteiger partial charge in [0.15, 0.2) is 5.13 Å². The van der Waals surface area contributed by atoms with E-state index in [4.69, 9.17) is 5.73 Å². The number of nitrogens with one attached hydrogen (secondary N) is 1. The standard InChI is InChI=1S/C12H23N3S/c1-8-9(2)16-11(15-8)14-7-10(13)6-12(3,4)5/h10H,6-7,13H2,1-5H3,(H,14,15). The van der Waals surface area contributed by atoms with Gasteiger partial charge < -0.3 is 11.1 Å². The zero-order valence-electron chi connectivity index (χ0n) is 10.9. The molecular weight excluding hydrogens is 218 g/mol. The molecule has 1 unspecified atom stereocenters. The van der Waals surface area contributed by atoms with Gasteiger partial charge >= 0.3 is 0 Å². The average Bonchev–Trinajstić information content (AvgIpc) is 2.40. The van der Waals surface area contributed by atoms with Crippen LogP contribution in [0.25, 0.3) is 0 Å². The van der Waals surface area contributed by atoms with Crippen molar-refractivity contribution in [2.75, 3.05) is 11.9 Å². The van der Waals surface area contributed by atoms with Crippen molar-refractivity contribution in [2.24, 2.45) is 11.1 Å². The molecule has 1 rings (SSSR count). The minimum atomic E-state index is 0.185. The van der Waals surface area contributed by atoms with Crippen molar-refractivity contribution in [3.05, 3.63) is 10.6 Å². The summed E-state index contributed by atoms with van der Waals surface area (Å²) in [5.74, 6) is 0. The molecule has 1 aromatic rings. The predicted octanol–water partition coefficient (Wildman–Crippen LogP) is 2.94. The first-order valence-electron chi connectivity index (χ1n) is 5.71. The van der Waals surface area contributed by atoms with Crippen molar-refractivity contribution in [3.63, 3.8) is 0 Å². The van der Waals surface area contributed by atoms with Crippen LogP contribution in [0.15, 0.2) is 0 Å². The van der Waals surface area contributed by atoms with Gasteiger partial charge in [0.05, 0.1) is 5.69 Å². The fraction of sp³-hybridized carbons (Fsp3) is 0.750. The molecule has 0 amide bonds. The molecule has 0 aliphatic heterocycles. The van der Waals surface area contributed by atoms with Gasteiger partial charge in [-0.05, 0) is 25.7 Å². The van der Waals surface area contributed by atoms with Gasteiger partial charge in [0.1, 0.15) is 0 Å². The van der Waals surface area contributed by atoms with Crippen LogP contribution in [0.2, 0.25) is 0 Å². The zero-order valence-corrected chi connectivity index (χ0v) is 11.7. The second kappa shape index (κ2) is 5.15. The second-order valence-corrected chi connectivity index (χ2v) is 6.77. The third-order valence-corrected chi connectivity index (χ3v) is 3.45. The molecule has 3 N–H and O–H groups in total. The van der Waals surface area contributed by atoms with Gasteiger partial charge in [0.25, 0.3) is 0 Å². The van der Waals surface area contributed by atoms with Gasteiger partial charge in [-0.25, -0.2) is 4.98 Å². The number of thiazole rings is 1. The Morgan fingerprint density at radius 1 is 1.38 bits per heavy atom. The van der Waals surface area contributed by atoms with E-state index in [9.17, 15) is 0 Å². The van der Waals surface area contributed by atoms with Crippen LogP contribution < -0.4 is 11.1 Å². The number of rotatable bonds is 4. The molecule has 4 heteroatoms. The topological polar surface area (TPSA) is 50.9 Å². The third-order valence-electron chi connectivity index (χ3n) is 2.42. The third kappa shape index (κ3) is 4.49. The van der Waals surface area contributed by atoms with Crippen LogP contribution in [-0.4, -0.2) is 17.6 Å². The van der Waals surface area contributed by atoms with Crippen molar-refractivity contribution in [1.82, 2.24) is 4.98 Å². The van der Waals surface area contributed by atoms with E-state index in [0.29, 0.717) is 0 Å². The number of nitrogens with two attached hydrogens (primary N) is 1. The summed E-state index contributed by atoms with van der Waals surface area (Å²) in [4.78, 5) is 5.70. The second-order valence-electron chi connectivity index (χ2n) is 5.57. The van der Waals surface area contributed by atoms with Gasteiger partial charge in [0.2, 0.25) is 0 Å². The van der Waals surface area contributed by atoms with Gasteiger partial charge in [-0.3, -0.25) is 0 Å². The van der Waals surface area contributed by atoms with Crippen LogP contribution in [0.4, 0.5) is 5.13 Å². The molecule has 92 valence electrons. The van der Waals surface area contributed by atoms with Gasteiger partial charge in [-0.2, -0.15) is 0 Å². The van der Waals surface area contributed by atoms with E-state index in [0.717, 1.165) is 23.8 Å². The molecule has 0 aliphatic rings. The Balaban J connectivity index is 2.40. The van der Waals surface area contributed by atoms with Crippen LogP contribution in [0, 0.1) is 19.3 Å². The first kappa shape index (κ1) is 13.5. The lowest BCUT2D eigenvalue weighted by Gasteiger charge is -2.23. The molecule has 0 saturated heterocycles. The van der Waals surface area contributed by atoms with Crippen molar-refractivity contribution in [1.29, 1.82) is 0 Å². The average molecular weight is 241 g/mol. The van der Waals surface area contributed by atoms with Gasteiger partial charge in [-0.15, -0.1) is 11.3 Å². The quantitative estimate of drug-likeness (QED) is 0.852. The van der Waals surface area contributed by atoms with E-state index >= 15 is 0 Å². The van der Waals surface area contributed by atoms with E-state index in [1.54, 1.807) is 11.3 Å². The lowest BCUT2D eigenvalue weighted by atomic mass is 9.88. The Bertz CT molecular complexity index is 319. The highest BCUT2D eigenvalue weighted by atomic mass is 32.1. The van der Waals surface area contributed by atoms with Crippen molar-refractivity contribution < 1.29 is 0 Å². The Hall–Kier alpha value is -0.610. The Morgan fingerprint density at radius 2 is 2.00 bits per heavy atom. The number of anilines is 1. The summed E-state index contributed by atoms with van der Waals surface area (Å²) >= 11 is 1.70. The summed E-state index contributed by atoms with van der Waals surface area (Å²) in [6, 6.07) is 0.185. The molecule has 0 aromatic carbocycles. The minimum Gasteiger partial charge on any atom is -0.360 e. The normalized spacial score (nSPS) is 13.9. The number of hydrogen-bond acceptors (Lipinski definition) is 4. The monoisotopic (exact) mass is 241 g/mol. The van der Waals surface area contributed by atoms with Crippen molar-refractivity contribution in [2.45, 2.75) is 47.1 Å². The van der Waals surface area contributed by atoms with Gasteiger partial charge in [0, 0.05) is 17.5 Å². The first-order chi connectivity index (χ1) is 7.28. The molecule has 0 spiro atoms. The maximum Gasteiger partial charge on any atom is 0.183 e. The van der Waals surface area contributed by atoms with Crippen LogP contribution in [0.1, 0.15) is 37.8 Å². The summed E-state index contributed by atoms with van der Waals surface area (Å²) < 4.78 is 0. The van der Waals surface area contributed by atoms with Crippen LogP contribution in [0.3, 0.4) is 0 Å². The van der Waals surface area contributed by atoms with E-state index in [1.165, 1.54) is 4.88 Å². The van der Waals surface area contributed by atoms with Crippen molar-refractivity contribution in [3.8, 4) is 0 Å². The molecule has 3 nitrogen and oxygen atoms in total. The smallest absolute Gasteiger partial charge is 0.183 e. The first-order valence-corrected chi connectivity index (χ1v) is 6.53. The highest BCUT2D eigenvalue weighted by Gasteiger charge is 2.15. The van der Waals surface area contributed by atoms with Crippen LogP contribution in [0.5, 0.6) is 0 Å². The molecule has 0 aliphatic carbocycles. The number of aryl methyl sites for hydroxylation is 2. The lowest BCUT2D eigenvalue weighted by molar-refractivity contribution is 0.345. The molecule has 1 aromatic heterocycles. The maximum absolute atomic E-state index is 6.07. The Labute approximate surface area is 102 Å². The zero-order chi connectivity index (χ0) is 12.3. The molecule has 1 heterocycles. The fourth-order valence-corrected chi connectivity index (χ4v) is 2.45. The van der Waals surface area contributed by atoms with E-state index in [1.807, 2.05) is 6.92 Å². The van der Waals surface area contributed by atoms with Gasteiger partial charge in [-0.1, -0.05) is 20.8 Å².